The average molecular weight is 210 g/mol. The molecule has 3 heteroatoms. The van der Waals surface area contributed by atoms with Crippen LogP contribution in [0.3, 0.4) is 0 Å². The first kappa shape index (κ1) is 12.2. The van der Waals surface area contributed by atoms with E-state index < -0.39 is 5.41 Å². The van der Waals surface area contributed by atoms with Gasteiger partial charge in [-0.05, 0) is 5.56 Å². The molecule has 84 valence electrons. The lowest BCUT2D eigenvalue weighted by Gasteiger charge is -2.24. The van der Waals surface area contributed by atoms with Gasteiger partial charge in [0.25, 0.3) is 0 Å². The summed E-state index contributed by atoms with van der Waals surface area (Å²) in [6.07, 6.45) is 0. The first-order valence-corrected chi connectivity index (χ1v) is 5.03. The zero-order valence-corrected chi connectivity index (χ0v) is 9.02. The maximum atomic E-state index is 9.04. The van der Waals surface area contributed by atoms with Crippen molar-refractivity contribution < 1.29 is 14.9 Å². The molecule has 0 aliphatic rings. The van der Waals surface area contributed by atoms with E-state index in [2.05, 4.69) is 0 Å². The molecule has 0 aromatic heterocycles. The Morgan fingerprint density at radius 1 is 1.13 bits per heavy atom. The van der Waals surface area contributed by atoms with Crippen LogP contribution in [0.5, 0.6) is 0 Å². The second kappa shape index (κ2) is 5.85. The highest BCUT2D eigenvalue weighted by molar-refractivity contribution is 5.13. The topological polar surface area (TPSA) is 49.7 Å². The summed E-state index contributed by atoms with van der Waals surface area (Å²) in [5.41, 5.74) is 0.546. The van der Waals surface area contributed by atoms with Crippen LogP contribution in [0.1, 0.15) is 12.5 Å². The molecule has 0 aliphatic heterocycles. The summed E-state index contributed by atoms with van der Waals surface area (Å²) in [6, 6.07) is 9.82. The molecule has 0 unspecified atom stereocenters. The van der Waals surface area contributed by atoms with Crippen LogP contribution in [-0.2, 0) is 11.3 Å². The van der Waals surface area contributed by atoms with E-state index in [0.29, 0.717) is 13.2 Å². The number of rotatable bonds is 6. The molecular formula is C12H18O3. The van der Waals surface area contributed by atoms with Gasteiger partial charge in [-0.2, -0.15) is 0 Å². The summed E-state index contributed by atoms with van der Waals surface area (Å²) in [5, 5.41) is 18.1. The van der Waals surface area contributed by atoms with Crippen molar-refractivity contribution in [3.05, 3.63) is 35.9 Å². The van der Waals surface area contributed by atoms with Crippen molar-refractivity contribution in [2.75, 3.05) is 19.8 Å². The van der Waals surface area contributed by atoms with Gasteiger partial charge in [0.15, 0.2) is 0 Å². The molecule has 0 fully saturated rings. The smallest absolute Gasteiger partial charge is 0.0717 e. The number of hydrogen-bond donors (Lipinski definition) is 2. The molecule has 0 aliphatic carbocycles. The van der Waals surface area contributed by atoms with Crippen LogP contribution in [0.25, 0.3) is 0 Å². The van der Waals surface area contributed by atoms with Gasteiger partial charge < -0.3 is 14.9 Å². The number of ether oxygens (including phenoxy) is 1. The Bertz CT molecular complexity index is 267. The van der Waals surface area contributed by atoms with E-state index in [1.165, 1.54) is 0 Å². The van der Waals surface area contributed by atoms with Crippen molar-refractivity contribution in [2.45, 2.75) is 13.5 Å². The minimum absolute atomic E-state index is 0.0711. The maximum Gasteiger partial charge on any atom is 0.0717 e. The zero-order valence-electron chi connectivity index (χ0n) is 9.02. The molecule has 2 N–H and O–H groups in total. The molecule has 0 radical (unpaired) electrons. The van der Waals surface area contributed by atoms with E-state index in [1.807, 2.05) is 30.3 Å². The predicted octanol–water partition coefficient (Wildman–Crippen LogP) is 1.19. The molecule has 1 aromatic rings. The van der Waals surface area contributed by atoms with Crippen molar-refractivity contribution in [1.29, 1.82) is 0 Å². The van der Waals surface area contributed by atoms with Gasteiger partial charge in [-0.15, -0.1) is 0 Å². The van der Waals surface area contributed by atoms with Crippen LogP contribution in [0, 0.1) is 5.41 Å². The molecule has 1 aromatic carbocycles. The van der Waals surface area contributed by atoms with Crippen molar-refractivity contribution in [1.82, 2.24) is 0 Å². The normalized spacial score (nSPS) is 11.7. The van der Waals surface area contributed by atoms with Gasteiger partial charge >= 0.3 is 0 Å². The highest BCUT2D eigenvalue weighted by Crippen LogP contribution is 2.15. The first-order valence-electron chi connectivity index (χ1n) is 5.03. The fraction of sp³-hybridized carbons (Fsp3) is 0.500. The molecule has 0 saturated carbocycles. The molecule has 0 saturated heterocycles. The monoisotopic (exact) mass is 210 g/mol. The van der Waals surface area contributed by atoms with E-state index in [9.17, 15) is 0 Å². The quantitative estimate of drug-likeness (QED) is 0.741. The Morgan fingerprint density at radius 2 is 1.73 bits per heavy atom. The van der Waals surface area contributed by atoms with Crippen LogP contribution < -0.4 is 0 Å². The van der Waals surface area contributed by atoms with Gasteiger partial charge in [-0.25, -0.2) is 0 Å². The van der Waals surface area contributed by atoms with Gasteiger partial charge in [0.1, 0.15) is 0 Å². The Labute approximate surface area is 90.3 Å². The van der Waals surface area contributed by atoms with Crippen LogP contribution in [-0.4, -0.2) is 30.0 Å². The third kappa shape index (κ3) is 4.00. The minimum Gasteiger partial charge on any atom is -0.396 e. The Balaban J connectivity index is 2.33. The molecule has 15 heavy (non-hydrogen) atoms. The average Bonchev–Trinajstić information content (AvgIpc) is 2.30. The fourth-order valence-corrected chi connectivity index (χ4v) is 1.13. The summed E-state index contributed by atoms with van der Waals surface area (Å²) >= 11 is 0. The van der Waals surface area contributed by atoms with Crippen LogP contribution in [0.4, 0.5) is 0 Å². The lowest BCUT2D eigenvalue weighted by atomic mass is 9.94. The van der Waals surface area contributed by atoms with Gasteiger partial charge in [0, 0.05) is 5.41 Å². The van der Waals surface area contributed by atoms with Gasteiger partial charge in [0.2, 0.25) is 0 Å². The standard InChI is InChI=1S/C12H18O3/c1-12(8-13,9-14)10-15-7-11-5-3-2-4-6-11/h2-6,13-14H,7-10H2,1H3. The number of hydrogen-bond acceptors (Lipinski definition) is 3. The minimum atomic E-state index is -0.547. The van der Waals surface area contributed by atoms with E-state index in [4.69, 9.17) is 14.9 Å². The van der Waals surface area contributed by atoms with Crippen molar-refractivity contribution in [3.63, 3.8) is 0 Å². The van der Waals surface area contributed by atoms with Crippen LogP contribution >= 0.6 is 0 Å². The van der Waals surface area contributed by atoms with E-state index >= 15 is 0 Å². The summed E-state index contributed by atoms with van der Waals surface area (Å²) in [5.74, 6) is 0. The Hall–Kier alpha value is -0.900. The molecule has 0 bridgehead atoms. The predicted molar refractivity (Wildman–Crippen MR) is 58.4 cm³/mol. The van der Waals surface area contributed by atoms with Crippen molar-refractivity contribution in [3.8, 4) is 0 Å². The summed E-state index contributed by atoms with van der Waals surface area (Å²) in [6.45, 7) is 2.51. The van der Waals surface area contributed by atoms with E-state index in [0.717, 1.165) is 5.56 Å². The number of aliphatic hydroxyl groups excluding tert-OH is 2. The summed E-state index contributed by atoms with van der Waals surface area (Å²) < 4.78 is 5.45. The zero-order chi connectivity index (χ0) is 11.1. The Kier molecular flexibility index (Phi) is 4.75. The fourth-order valence-electron chi connectivity index (χ4n) is 1.13. The van der Waals surface area contributed by atoms with Crippen LogP contribution in [0.2, 0.25) is 0 Å². The van der Waals surface area contributed by atoms with E-state index in [1.54, 1.807) is 6.92 Å². The molecular weight excluding hydrogens is 192 g/mol. The Morgan fingerprint density at radius 3 is 2.27 bits per heavy atom. The summed E-state index contributed by atoms with van der Waals surface area (Å²) in [4.78, 5) is 0. The SMILES string of the molecule is CC(CO)(CO)COCc1ccccc1. The van der Waals surface area contributed by atoms with E-state index in [-0.39, 0.29) is 13.2 Å². The molecule has 0 atom stereocenters. The second-order valence-electron chi connectivity index (χ2n) is 4.11. The van der Waals surface area contributed by atoms with Crippen molar-refractivity contribution in [2.24, 2.45) is 5.41 Å². The summed E-state index contributed by atoms with van der Waals surface area (Å²) in [7, 11) is 0. The van der Waals surface area contributed by atoms with Gasteiger partial charge in [-0.3, -0.25) is 0 Å². The lowest BCUT2D eigenvalue weighted by molar-refractivity contribution is -0.0220. The number of aliphatic hydroxyl groups is 2. The highest BCUT2D eigenvalue weighted by atomic mass is 16.5. The van der Waals surface area contributed by atoms with Gasteiger partial charge in [-0.1, -0.05) is 37.3 Å². The molecule has 0 heterocycles. The third-order valence-corrected chi connectivity index (χ3v) is 2.33. The third-order valence-electron chi connectivity index (χ3n) is 2.33. The molecule has 3 nitrogen and oxygen atoms in total. The highest BCUT2D eigenvalue weighted by Gasteiger charge is 2.22. The second-order valence-corrected chi connectivity index (χ2v) is 4.11. The molecule has 0 spiro atoms. The molecule has 0 amide bonds. The van der Waals surface area contributed by atoms with Gasteiger partial charge in [0.05, 0.1) is 26.4 Å². The van der Waals surface area contributed by atoms with Crippen molar-refractivity contribution >= 4 is 0 Å². The molecule has 1 rings (SSSR count). The maximum absolute atomic E-state index is 9.04. The first-order chi connectivity index (χ1) is 7.20. The number of benzene rings is 1. The van der Waals surface area contributed by atoms with Crippen LogP contribution in [0.15, 0.2) is 30.3 Å². The largest absolute Gasteiger partial charge is 0.396 e. The lowest BCUT2D eigenvalue weighted by Crippen LogP contribution is -2.31.